The number of aryl methyl sites for hydroxylation is 1. The average molecular weight is 390 g/mol. The number of aromatic nitrogens is 4. The maximum atomic E-state index is 4.72. The maximum Gasteiger partial charge on any atom is 0.244 e. The van der Waals surface area contributed by atoms with Crippen LogP contribution in [-0.4, -0.2) is 26.2 Å². The zero-order valence-corrected chi connectivity index (χ0v) is 16.3. The molecule has 6 heteroatoms. The molecule has 0 unspecified atom stereocenters. The first kappa shape index (κ1) is 17.9. The van der Waals surface area contributed by atoms with Gasteiger partial charge in [-0.1, -0.05) is 54.1 Å². The van der Waals surface area contributed by atoms with Crippen molar-refractivity contribution in [2.24, 2.45) is 5.10 Å². The molecule has 6 nitrogen and oxygen atoms in total. The Morgan fingerprint density at radius 1 is 0.800 bits per heavy atom. The van der Waals surface area contributed by atoms with Crippen molar-refractivity contribution in [3.05, 3.63) is 90.3 Å². The zero-order valence-electron chi connectivity index (χ0n) is 16.3. The van der Waals surface area contributed by atoms with Crippen LogP contribution in [0, 0.1) is 6.92 Å². The Labute approximate surface area is 173 Å². The summed E-state index contributed by atoms with van der Waals surface area (Å²) in [7, 11) is 0. The van der Waals surface area contributed by atoms with Crippen LogP contribution >= 0.6 is 0 Å². The van der Waals surface area contributed by atoms with Crippen molar-refractivity contribution in [2.45, 2.75) is 6.92 Å². The van der Waals surface area contributed by atoms with E-state index in [-0.39, 0.29) is 0 Å². The Morgan fingerprint density at radius 3 is 2.47 bits per heavy atom. The number of rotatable bonds is 4. The molecule has 5 aromatic rings. The van der Waals surface area contributed by atoms with E-state index >= 15 is 0 Å². The van der Waals surface area contributed by atoms with Crippen LogP contribution in [0.15, 0.2) is 84.2 Å². The molecule has 0 amide bonds. The van der Waals surface area contributed by atoms with Gasteiger partial charge < -0.3 is 0 Å². The standard InChI is InChI=1S/C24H18N6/c1-16-6-9-18(10-7-16)23-19-4-2-3-5-20(19)28-24(29-23)30-27-15-17-8-11-21-22(14-17)26-13-12-25-21/h2-15H,1H3,(H,28,29,30)/b27-15-. The van der Waals surface area contributed by atoms with Crippen molar-refractivity contribution < 1.29 is 0 Å². The van der Waals surface area contributed by atoms with Crippen molar-refractivity contribution in [1.82, 2.24) is 19.9 Å². The Kier molecular flexibility index (Phi) is 4.57. The molecule has 5 rings (SSSR count). The molecule has 0 bridgehead atoms. The SMILES string of the molecule is Cc1ccc(-c2nc(N/N=C\c3ccc4nccnc4c3)nc3ccccc23)cc1. The van der Waals surface area contributed by atoms with Crippen LogP contribution in [0.3, 0.4) is 0 Å². The molecule has 0 atom stereocenters. The Hall–Kier alpha value is -4.19. The van der Waals surface area contributed by atoms with Gasteiger partial charge in [-0.2, -0.15) is 5.10 Å². The molecular formula is C24H18N6. The van der Waals surface area contributed by atoms with Crippen LogP contribution in [0.5, 0.6) is 0 Å². The molecule has 0 fully saturated rings. The number of fused-ring (bicyclic) bond motifs is 2. The summed E-state index contributed by atoms with van der Waals surface area (Å²) in [6.45, 7) is 2.07. The smallest absolute Gasteiger partial charge is 0.244 e. The first-order valence-electron chi connectivity index (χ1n) is 9.60. The van der Waals surface area contributed by atoms with E-state index < -0.39 is 0 Å². The van der Waals surface area contributed by atoms with Crippen LogP contribution in [-0.2, 0) is 0 Å². The molecule has 3 aromatic carbocycles. The zero-order chi connectivity index (χ0) is 20.3. The summed E-state index contributed by atoms with van der Waals surface area (Å²) in [6.07, 6.45) is 5.08. The van der Waals surface area contributed by atoms with Crippen LogP contribution in [0.1, 0.15) is 11.1 Å². The van der Waals surface area contributed by atoms with E-state index in [0.29, 0.717) is 5.95 Å². The second-order valence-electron chi connectivity index (χ2n) is 6.95. The second kappa shape index (κ2) is 7.67. The van der Waals surface area contributed by atoms with Gasteiger partial charge in [0, 0.05) is 23.3 Å². The van der Waals surface area contributed by atoms with Gasteiger partial charge in [-0.25, -0.2) is 15.4 Å². The predicted molar refractivity (Wildman–Crippen MR) is 120 cm³/mol. The molecule has 0 aliphatic heterocycles. The minimum Gasteiger partial charge on any atom is -0.253 e. The number of hydrogen-bond acceptors (Lipinski definition) is 6. The highest BCUT2D eigenvalue weighted by molar-refractivity contribution is 5.93. The Balaban J connectivity index is 1.48. The van der Waals surface area contributed by atoms with Gasteiger partial charge in [-0.3, -0.25) is 9.97 Å². The van der Waals surface area contributed by atoms with Crippen molar-refractivity contribution in [3.63, 3.8) is 0 Å². The molecule has 0 spiro atoms. The first-order chi connectivity index (χ1) is 14.8. The van der Waals surface area contributed by atoms with Gasteiger partial charge in [0.2, 0.25) is 5.95 Å². The lowest BCUT2D eigenvalue weighted by atomic mass is 10.1. The van der Waals surface area contributed by atoms with Crippen LogP contribution in [0.2, 0.25) is 0 Å². The van der Waals surface area contributed by atoms with E-state index in [9.17, 15) is 0 Å². The summed E-state index contributed by atoms with van der Waals surface area (Å²) >= 11 is 0. The minimum absolute atomic E-state index is 0.445. The predicted octanol–water partition coefficient (Wildman–Crippen LogP) is 4.99. The first-order valence-corrected chi connectivity index (χ1v) is 9.60. The monoisotopic (exact) mass is 390 g/mol. The van der Waals surface area contributed by atoms with Gasteiger partial charge in [0.25, 0.3) is 0 Å². The van der Waals surface area contributed by atoms with Gasteiger partial charge in [0.05, 0.1) is 28.5 Å². The molecular weight excluding hydrogens is 372 g/mol. The summed E-state index contributed by atoms with van der Waals surface area (Å²) in [5.74, 6) is 0.445. The summed E-state index contributed by atoms with van der Waals surface area (Å²) in [6, 6.07) is 22.1. The van der Waals surface area contributed by atoms with Crippen molar-refractivity contribution in [1.29, 1.82) is 0 Å². The van der Waals surface area contributed by atoms with Gasteiger partial charge in [0.1, 0.15) is 0 Å². The van der Waals surface area contributed by atoms with E-state index in [2.05, 4.69) is 56.7 Å². The summed E-state index contributed by atoms with van der Waals surface area (Å²) in [5.41, 5.74) is 9.54. The van der Waals surface area contributed by atoms with Crippen molar-refractivity contribution in [3.8, 4) is 11.3 Å². The van der Waals surface area contributed by atoms with Gasteiger partial charge in [-0.05, 0) is 30.7 Å². The van der Waals surface area contributed by atoms with Crippen LogP contribution < -0.4 is 5.43 Å². The molecule has 0 saturated carbocycles. The third-order valence-electron chi connectivity index (χ3n) is 4.80. The summed E-state index contributed by atoms with van der Waals surface area (Å²) in [4.78, 5) is 17.9. The number of nitrogens with one attached hydrogen (secondary N) is 1. The number of benzene rings is 3. The highest BCUT2D eigenvalue weighted by atomic mass is 15.3. The van der Waals surface area contributed by atoms with E-state index in [1.54, 1.807) is 18.6 Å². The van der Waals surface area contributed by atoms with E-state index in [4.69, 9.17) is 4.98 Å². The lowest BCUT2D eigenvalue weighted by Gasteiger charge is -2.08. The maximum absolute atomic E-state index is 4.72. The lowest BCUT2D eigenvalue weighted by molar-refractivity contribution is 1.16. The molecule has 1 N–H and O–H groups in total. The number of anilines is 1. The lowest BCUT2D eigenvalue weighted by Crippen LogP contribution is -2.00. The van der Waals surface area contributed by atoms with E-state index in [0.717, 1.165) is 38.8 Å². The number of para-hydroxylation sites is 1. The Morgan fingerprint density at radius 2 is 1.60 bits per heavy atom. The molecule has 2 aromatic heterocycles. The molecule has 30 heavy (non-hydrogen) atoms. The van der Waals surface area contributed by atoms with E-state index in [1.807, 2.05) is 42.5 Å². The average Bonchev–Trinajstić information content (AvgIpc) is 2.79. The third kappa shape index (κ3) is 3.58. The molecule has 0 aliphatic carbocycles. The number of nitrogens with zero attached hydrogens (tertiary/aromatic N) is 5. The van der Waals surface area contributed by atoms with E-state index in [1.165, 1.54) is 5.56 Å². The fourth-order valence-corrected chi connectivity index (χ4v) is 3.28. The molecule has 0 saturated heterocycles. The van der Waals surface area contributed by atoms with Crippen LogP contribution in [0.4, 0.5) is 5.95 Å². The summed E-state index contributed by atoms with van der Waals surface area (Å²) < 4.78 is 0. The minimum atomic E-state index is 0.445. The molecule has 0 radical (unpaired) electrons. The van der Waals surface area contributed by atoms with Crippen molar-refractivity contribution >= 4 is 34.1 Å². The fraction of sp³-hybridized carbons (Fsp3) is 0.0417. The number of hydrogen-bond donors (Lipinski definition) is 1. The molecule has 0 aliphatic rings. The molecule has 2 heterocycles. The Bertz CT molecular complexity index is 1380. The topological polar surface area (TPSA) is 76.0 Å². The fourth-order valence-electron chi connectivity index (χ4n) is 3.28. The van der Waals surface area contributed by atoms with Gasteiger partial charge in [-0.15, -0.1) is 0 Å². The summed E-state index contributed by atoms with van der Waals surface area (Å²) in [5, 5.41) is 5.33. The van der Waals surface area contributed by atoms with Gasteiger partial charge >= 0.3 is 0 Å². The van der Waals surface area contributed by atoms with Crippen molar-refractivity contribution in [2.75, 3.05) is 5.43 Å². The highest BCUT2D eigenvalue weighted by Crippen LogP contribution is 2.27. The third-order valence-corrected chi connectivity index (χ3v) is 4.80. The number of hydrazone groups is 1. The normalized spacial score (nSPS) is 11.4. The largest absolute Gasteiger partial charge is 0.253 e. The van der Waals surface area contributed by atoms with Gasteiger partial charge in [0.15, 0.2) is 0 Å². The van der Waals surface area contributed by atoms with Crippen LogP contribution in [0.25, 0.3) is 33.2 Å². The quantitative estimate of drug-likeness (QED) is 0.345. The molecule has 144 valence electrons. The second-order valence-corrected chi connectivity index (χ2v) is 6.95. The highest BCUT2D eigenvalue weighted by Gasteiger charge is 2.09.